The third-order valence-electron chi connectivity index (χ3n) is 3.60. The highest BCUT2D eigenvalue weighted by Gasteiger charge is 2.20. The molecular formula is C19H25NO. The number of para-hydroxylation sites is 1. The zero-order valence-corrected chi connectivity index (χ0v) is 13.4. The summed E-state index contributed by atoms with van der Waals surface area (Å²) >= 11 is 0. The molecule has 0 aromatic heterocycles. The van der Waals surface area contributed by atoms with Gasteiger partial charge < -0.3 is 10.5 Å². The zero-order chi connectivity index (χ0) is 15.5. The minimum Gasteiger partial charge on any atom is -0.457 e. The van der Waals surface area contributed by atoms with Crippen LogP contribution in [0.25, 0.3) is 0 Å². The van der Waals surface area contributed by atoms with E-state index in [4.69, 9.17) is 10.5 Å². The van der Waals surface area contributed by atoms with Gasteiger partial charge >= 0.3 is 0 Å². The van der Waals surface area contributed by atoms with Crippen LogP contribution in [0.5, 0.6) is 11.5 Å². The van der Waals surface area contributed by atoms with Gasteiger partial charge in [-0.15, -0.1) is 0 Å². The molecule has 0 spiro atoms. The number of nitrogens with two attached hydrogens (primary N) is 1. The van der Waals surface area contributed by atoms with Gasteiger partial charge in [-0.25, -0.2) is 0 Å². The van der Waals surface area contributed by atoms with Crippen LogP contribution in [0, 0.1) is 6.92 Å². The third kappa shape index (κ3) is 3.85. The fourth-order valence-electron chi connectivity index (χ4n) is 2.39. The van der Waals surface area contributed by atoms with E-state index in [-0.39, 0.29) is 5.41 Å². The molecule has 0 radical (unpaired) electrons. The number of rotatable bonds is 4. The lowest BCUT2D eigenvalue weighted by molar-refractivity contribution is 0.451. The fraction of sp³-hybridized carbons (Fsp3) is 0.368. The topological polar surface area (TPSA) is 35.2 Å². The molecule has 0 bridgehead atoms. The van der Waals surface area contributed by atoms with Gasteiger partial charge in [0.05, 0.1) is 0 Å². The van der Waals surface area contributed by atoms with Crippen LogP contribution in [0.1, 0.15) is 37.5 Å². The van der Waals surface area contributed by atoms with E-state index in [0.29, 0.717) is 6.54 Å². The Hall–Kier alpha value is -1.80. The Kier molecular flexibility index (Phi) is 4.69. The van der Waals surface area contributed by atoms with E-state index in [1.807, 2.05) is 12.1 Å². The lowest BCUT2D eigenvalue weighted by Gasteiger charge is -2.24. The quantitative estimate of drug-likeness (QED) is 0.891. The predicted octanol–water partition coefficient (Wildman–Crippen LogP) is 4.59. The lowest BCUT2D eigenvalue weighted by Crippen LogP contribution is -2.13. The van der Waals surface area contributed by atoms with Crippen LogP contribution >= 0.6 is 0 Å². The minimum absolute atomic E-state index is 0.0564. The SMILES string of the molecule is Cc1cccc(C(C)(C)C)c1Oc1ccc(CCN)cc1. The molecule has 2 N–H and O–H groups in total. The second kappa shape index (κ2) is 6.31. The zero-order valence-electron chi connectivity index (χ0n) is 13.4. The van der Waals surface area contributed by atoms with E-state index in [0.717, 1.165) is 23.5 Å². The molecule has 0 heterocycles. The van der Waals surface area contributed by atoms with Crippen LogP contribution in [0.4, 0.5) is 0 Å². The molecule has 0 unspecified atom stereocenters. The van der Waals surface area contributed by atoms with Gasteiger partial charge in [0.1, 0.15) is 11.5 Å². The number of hydrogen-bond acceptors (Lipinski definition) is 2. The fourth-order valence-corrected chi connectivity index (χ4v) is 2.39. The number of aryl methyl sites for hydroxylation is 1. The Morgan fingerprint density at radius 1 is 1.00 bits per heavy atom. The van der Waals surface area contributed by atoms with Crippen molar-refractivity contribution in [1.29, 1.82) is 0 Å². The van der Waals surface area contributed by atoms with Crippen LogP contribution in [-0.4, -0.2) is 6.54 Å². The number of benzene rings is 2. The Bertz CT molecular complexity index is 594. The first-order valence-corrected chi connectivity index (χ1v) is 7.49. The van der Waals surface area contributed by atoms with Crippen molar-refractivity contribution in [3.05, 3.63) is 59.2 Å². The molecule has 0 saturated carbocycles. The summed E-state index contributed by atoms with van der Waals surface area (Å²) in [6.07, 6.45) is 0.901. The maximum Gasteiger partial charge on any atom is 0.134 e. The first-order chi connectivity index (χ1) is 9.91. The molecule has 2 nitrogen and oxygen atoms in total. The van der Waals surface area contributed by atoms with E-state index >= 15 is 0 Å². The summed E-state index contributed by atoms with van der Waals surface area (Å²) < 4.78 is 6.17. The smallest absolute Gasteiger partial charge is 0.134 e. The molecule has 0 saturated heterocycles. The van der Waals surface area contributed by atoms with E-state index < -0.39 is 0 Å². The van der Waals surface area contributed by atoms with Gasteiger partial charge in [-0.05, 0) is 48.6 Å². The highest BCUT2D eigenvalue weighted by atomic mass is 16.5. The Labute approximate surface area is 127 Å². The molecule has 2 aromatic rings. The Balaban J connectivity index is 2.31. The highest BCUT2D eigenvalue weighted by molar-refractivity contribution is 5.47. The van der Waals surface area contributed by atoms with Crippen molar-refractivity contribution in [3.8, 4) is 11.5 Å². The van der Waals surface area contributed by atoms with Crippen molar-refractivity contribution >= 4 is 0 Å². The highest BCUT2D eigenvalue weighted by Crippen LogP contribution is 2.36. The molecule has 0 aliphatic rings. The van der Waals surface area contributed by atoms with Gasteiger partial charge in [-0.2, -0.15) is 0 Å². The summed E-state index contributed by atoms with van der Waals surface area (Å²) in [6, 6.07) is 14.5. The molecule has 0 aliphatic carbocycles. The summed E-state index contributed by atoms with van der Waals surface area (Å²) in [5.74, 6) is 1.84. The molecular weight excluding hydrogens is 258 g/mol. The van der Waals surface area contributed by atoms with Crippen LogP contribution in [0.15, 0.2) is 42.5 Å². The van der Waals surface area contributed by atoms with E-state index in [9.17, 15) is 0 Å². The maximum atomic E-state index is 6.17. The van der Waals surface area contributed by atoms with Gasteiger partial charge in [0.25, 0.3) is 0 Å². The normalized spacial score (nSPS) is 11.5. The van der Waals surface area contributed by atoms with Crippen LogP contribution < -0.4 is 10.5 Å². The van der Waals surface area contributed by atoms with Crippen molar-refractivity contribution in [2.24, 2.45) is 5.73 Å². The third-order valence-corrected chi connectivity index (χ3v) is 3.60. The number of hydrogen-bond donors (Lipinski definition) is 1. The molecule has 21 heavy (non-hydrogen) atoms. The van der Waals surface area contributed by atoms with Crippen molar-refractivity contribution < 1.29 is 4.74 Å². The van der Waals surface area contributed by atoms with E-state index in [1.165, 1.54) is 11.1 Å². The second-order valence-corrected chi connectivity index (χ2v) is 6.49. The molecule has 2 aromatic carbocycles. The Morgan fingerprint density at radius 3 is 2.24 bits per heavy atom. The first-order valence-electron chi connectivity index (χ1n) is 7.49. The summed E-state index contributed by atoms with van der Waals surface area (Å²) in [4.78, 5) is 0. The summed E-state index contributed by atoms with van der Waals surface area (Å²) in [5, 5.41) is 0. The first kappa shape index (κ1) is 15.6. The van der Waals surface area contributed by atoms with Crippen molar-refractivity contribution in [2.75, 3.05) is 6.54 Å². The van der Waals surface area contributed by atoms with Crippen molar-refractivity contribution in [1.82, 2.24) is 0 Å². The maximum absolute atomic E-state index is 6.17. The van der Waals surface area contributed by atoms with Gasteiger partial charge in [-0.3, -0.25) is 0 Å². The summed E-state index contributed by atoms with van der Waals surface area (Å²) in [7, 11) is 0. The van der Waals surface area contributed by atoms with E-state index in [1.54, 1.807) is 0 Å². The molecule has 0 amide bonds. The molecule has 0 aliphatic heterocycles. The largest absolute Gasteiger partial charge is 0.457 e. The lowest BCUT2D eigenvalue weighted by atomic mass is 9.85. The molecule has 2 heteroatoms. The average molecular weight is 283 g/mol. The standard InChI is InChI=1S/C19H25NO/c1-14-6-5-7-17(19(2,3)4)18(14)21-16-10-8-15(9-11-16)12-13-20/h5-11H,12-13,20H2,1-4H3. The van der Waals surface area contributed by atoms with Gasteiger partial charge in [0, 0.05) is 5.56 Å². The van der Waals surface area contributed by atoms with Gasteiger partial charge in [0.15, 0.2) is 0 Å². The summed E-state index contributed by atoms with van der Waals surface area (Å²) in [5.41, 5.74) is 9.27. The van der Waals surface area contributed by atoms with E-state index in [2.05, 4.69) is 58.0 Å². The molecule has 2 rings (SSSR count). The minimum atomic E-state index is 0.0564. The monoisotopic (exact) mass is 283 g/mol. The van der Waals surface area contributed by atoms with Crippen LogP contribution in [0.3, 0.4) is 0 Å². The average Bonchev–Trinajstić information content (AvgIpc) is 2.42. The van der Waals surface area contributed by atoms with Crippen molar-refractivity contribution in [3.63, 3.8) is 0 Å². The molecule has 112 valence electrons. The molecule has 0 atom stereocenters. The molecule has 0 fully saturated rings. The van der Waals surface area contributed by atoms with Gasteiger partial charge in [0.2, 0.25) is 0 Å². The number of ether oxygens (including phenoxy) is 1. The van der Waals surface area contributed by atoms with Crippen LogP contribution in [0.2, 0.25) is 0 Å². The summed E-state index contributed by atoms with van der Waals surface area (Å²) in [6.45, 7) is 9.39. The second-order valence-electron chi connectivity index (χ2n) is 6.49. The predicted molar refractivity (Wildman–Crippen MR) is 89.2 cm³/mol. The van der Waals surface area contributed by atoms with Crippen molar-refractivity contribution in [2.45, 2.75) is 39.5 Å². The van der Waals surface area contributed by atoms with Crippen LogP contribution in [-0.2, 0) is 11.8 Å². The Morgan fingerprint density at radius 2 is 1.67 bits per heavy atom. The van der Waals surface area contributed by atoms with Gasteiger partial charge in [-0.1, -0.05) is 51.1 Å².